The van der Waals surface area contributed by atoms with Gasteiger partial charge in [0.2, 0.25) is 0 Å². The number of nitrogens with one attached hydrogen (secondary N) is 2. The maximum Gasteiger partial charge on any atom is 0.0565 e. The first-order valence-electron chi connectivity index (χ1n) is 11.1. The van der Waals surface area contributed by atoms with Gasteiger partial charge in [-0.15, -0.1) is 0 Å². The van der Waals surface area contributed by atoms with Gasteiger partial charge in [0.25, 0.3) is 0 Å². The minimum Gasteiger partial charge on any atom is -0.395 e. The molecule has 1 fully saturated rings. The Morgan fingerprint density at radius 2 is 1.80 bits per heavy atom. The van der Waals surface area contributed by atoms with E-state index in [2.05, 4.69) is 83.7 Å². The van der Waals surface area contributed by atoms with Crippen LogP contribution >= 0.6 is 11.9 Å². The first-order valence-corrected chi connectivity index (χ1v) is 11.9. The summed E-state index contributed by atoms with van der Waals surface area (Å²) in [7, 11) is 0. The molecule has 158 valence electrons. The van der Waals surface area contributed by atoms with Gasteiger partial charge in [-0.2, -0.15) is 0 Å². The van der Waals surface area contributed by atoms with Crippen LogP contribution in [-0.4, -0.2) is 24.3 Å². The molecule has 3 unspecified atom stereocenters. The van der Waals surface area contributed by atoms with E-state index in [1.165, 1.54) is 52.5 Å². The molecule has 0 saturated heterocycles. The molecule has 0 heterocycles. The predicted molar refractivity (Wildman–Crippen MR) is 128 cm³/mol. The van der Waals surface area contributed by atoms with Gasteiger partial charge in [0.15, 0.2) is 0 Å². The second-order valence-electron chi connectivity index (χ2n) is 8.31. The van der Waals surface area contributed by atoms with Crippen molar-refractivity contribution < 1.29 is 5.11 Å². The average Bonchev–Trinajstić information content (AvgIpc) is 2.79. The van der Waals surface area contributed by atoms with Crippen LogP contribution in [0.1, 0.15) is 55.7 Å². The molecule has 0 aromatic heterocycles. The highest BCUT2D eigenvalue weighted by Gasteiger charge is 2.24. The topological polar surface area (TPSA) is 44.3 Å². The number of hydrogen-bond acceptors (Lipinski definition) is 4. The molecule has 3 nitrogen and oxygen atoms in total. The monoisotopic (exact) mass is 420 g/mol. The normalized spacial score (nSPS) is 20.3. The smallest absolute Gasteiger partial charge is 0.0565 e. The van der Waals surface area contributed by atoms with E-state index in [1.807, 2.05) is 0 Å². The molecule has 30 heavy (non-hydrogen) atoms. The number of hydrogen-bond donors (Lipinski definition) is 3. The summed E-state index contributed by atoms with van der Waals surface area (Å²) in [5.74, 6) is 0.625. The lowest BCUT2D eigenvalue weighted by Crippen LogP contribution is -2.35. The number of fused-ring (bicyclic) bond motifs is 1. The van der Waals surface area contributed by atoms with E-state index in [9.17, 15) is 0 Å². The van der Waals surface area contributed by atoms with Crippen molar-refractivity contribution in [2.45, 2.75) is 55.5 Å². The molecule has 0 bridgehead atoms. The predicted octanol–water partition coefficient (Wildman–Crippen LogP) is 5.81. The van der Waals surface area contributed by atoms with E-state index < -0.39 is 0 Å². The molecule has 3 aromatic rings. The first kappa shape index (κ1) is 21.4. The number of benzene rings is 3. The summed E-state index contributed by atoms with van der Waals surface area (Å²) >= 11 is 1.59. The average molecular weight is 421 g/mol. The third-order valence-electron chi connectivity index (χ3n) is 6.21. The second kappa shape index (κ2) is 10.5. The molecule has 3 N–H and O–H groups in total. The zero-order valence-corrected chi connectivity index (χ0v) is 18.5. The lowest BCUT2D eigenvalue weighted by atomic mass is 9.81. The van der Waals surface area contributed by atoms with Crippen LogP contribution in [0.15, 0.2) is 71.6 Å². The fourth-order valence-corrected chi connectivity index (χ4v) is 5.34. The van der Waals surface area contributed by atoms with Crippen LogP contribution in [-0.2, 0) is 0 Å². The molecule has 0 radical (unpaired) electrons. The summed E-state index contributed by atoms with van der Waals surface area (Å²) < 4.78 is 3.16. The molecular formula is C26H32N2OS. The summed E-state index contributed by atoms with van der Waals surface area (Å²) in [6.07, 6.45) is 5.00. The summed E-state index contributed by atoms with van der Waals surface area (Å²) in [5, 5.41) is 15.5. The molecule has 3 aromatic carbocycles. The van der Waals surface area contributed by atoms with Crippen molar-refractivity contribution in [2.75, 3.05) is 13.2 Å². The van der Waals surface area contributed by atoms with Gasteiger partial charge in [-0.05, 0) is 78.1 Å². The minimum atomic E-state index is 0.165. The first-order chi connectivity index (χ1) is 14.7. The lowest BCUT2D eigenvalue weighted by molar-refractivity contribution is 0.302. The Morgan fingerprint density at radius 3 is 2.63 bits per heavy atom. The maximum absolute atomic E-state index is 8.89. The van der Waals surface area contributed by atoms with Crippen LogP contribution in [0, 0.1) is 0 Å². The van der Waals surface area contributed by atoms with Crippen LogP contribution in [0.4, 0.5) is 0 Å². The summed E-state index contributed by atoms with van der Waals surface area (Å²) in [5.41, 5.74) is 2.85. The van der Waals surface area contributed by atoms with Crippen molar-refractivity contribution in [1.82, 2.24) is 10.0 Å². The SMILES string of the molecule is CC(NC1CCCC(c2ccc(SNCCO)cc2)C1)c1cccc2ccccc12. The molecule has 0 aliphatic heterocycles. The molecule has 0 amide bonds. The Balaban J connectivity index is 1.39. The minimum absolute atomic E-state index is 0.165. The van der Waals surface area contributed by atoms with Crippen molar-refractivity contribution in [3.8, 4) is 0 Å². The maximum atomic E-state index is 8.89. The third-order valence-corrected chi connectivity index (χ3v) is 7.06. The molecule has 1 saturated carbocycles. The summed E-state index contributed by atoms with van der Waals surface area (Å²) in [6.45, 7) is 3.08. The second-order valence-corrected chi connectivity index (χ2v) is 9.27. The van der Waals surface area contributed by atoms with E-state index in [-0.39, 0.29) is 6.61 Å². The van der Waals surface area contributed by atoms with Crippen molar-refractivity contribution >= 4 is 22.7 Å². The number of aliphatic hydroxyl groups is 1. The van der Waals surface area contributed by atoms with E-state index >= 15 is 0 Å². The van der Waals surface area contributed by atoms with E-state index in [0.29, 0.717) is 24.5 Å². The van der Waals surface area contributed by atoms with Gasteiger partial charge in [-0.3, -0.25) is 4.72 Å². The van der Waals surface area contributed by atoms with Crippen molar-refractivity contribution in [1.29, 1.82) is 0 Å². The van der Waals surface area contributed by atoms with Crippen LogP contribution in [0.5, 0.6) is 0 Å². The van der Waals surface area contributed by atoms with Gasteiger partial charge < -0.3 is 10.4 Å². The molecule has 4 heteroatoms. The van der Waals surface area contributed by atoms with E-state index in [0.717, 1.165) is 0 Å². The molecule has 3 atom stereocenters. The Kier molecular flexibility index (Phi) is 7.45. The van der Waals surface area contributed by atoms with Gasteiger partial charge in [0.1, 0.15) is 0 Å². The fraction of sp³-hybridized carbons (Fsp3) is 0.385. The Hall–Kier alpha value is -1.85. The van der Waals surface area contributed by atoms with Gasteiger partial charge >= 0.3 is 0 Å². The van der Waals surface area contributed by atoms with Crippen LogP contribution in [0.2, 0.25) is 0 Å². The van der Waals surface area contributed by atoms with E-state index in [1.54, 1.807) is 11.9 Å². The summed E-state index contributed by atoms with van der Waals surface area (Å²) in [4.78, 5) is 1.20. The summed E-state index contributed by atoms with van der Waals surface area (Å²) in [6, 6.07) is 25.2. The van der Waals surface area contributed by atoms with Crippen molar-refractivity contribution in [3.63, 3.8) is 0 Å². The fourth-order valence-electron chi connectivity index (χ4n) is 4.70. The van der Waals surface area contributed by atoms with Crippen molar-refractivity contribution in [3.05, 3.63) is 77.9 Å². The highest BCUT2D eigenvalue weighted by Crippen LogP contribution is 2.35. The quantitative estimate of drug-likeness (QED) is 0.318. The Bertz CT molecular complexity index is 938. The van der Waals surface area contributed by atoms with Gasteiger partial charge in [-0.1, -0.05) is 61.0 Å². The number of aliphatic hydroxyl groups excluding tert-OH is 1. The molecule has 1 aliphatic carbocycles. The highest BCUT2D eigenvalue weighted by atomic mass is 32.2. The van der Waals surface area contributed by atoms with Gasteiger partial charge in [0, 0.05) is 23.5 Å². The highest BCUT2D eigenvalue weighted by molar-refractivity contribution is 7.97. The Labute approximate surface area is 184 Å². The third kappa shape index (κ3) is 5.25. The zero-order valence-electron chi connectivity index (χ0n) is 17.7. The number of rotatable bonds is 8. The van der Waals surface area contributed by atoms with E-state index in [4.69, 9.17) is 5.11 Å². The van der Waals surface area contributed by atoms with Gasteiger partial charge in [-0.25, -0.2) is 0 Å². The van der Waals surface area contributed by atoms with Crippen LogP contribution < -0.4 is 10.0 Å². The van der Waals surface area contributed by atoms with Crippen LogP contribution in [0.25, 0.3) is 10.8 Å². The van der Waals surface area contributed by atoms with Gasteiger partial charge in [0.05, 0.1) is 6.61 Å². The standard InChI is InChI=1S/C26H32N2OS/c1-19(25-11-5-7-21-6-2-3-10-26(21)25)28-23-9-4-8-22(18-23)20-12-14-24(15-13-20)30-27-16-17-29/h2-3,5-7,10-15,19,22-23,27-29H,4,8-9,16-18H2,1H3. The largest absolute Gasteiger partial charge is 0.395 e. The zero-order chi connectivity index (χ0) is 20.8. The lowest BCUT2D eigenvalue weighted by Gasteiger charge is -2.32. The molecule has 4 rings (SSSR count). The molecule has 0 spiro atoms. The Morgan fingerprint density at radius 1 is 1.00 bits per heavy atom. The van der Waals surface area contributed by atoms with Crippen LogP contribution in [0.3, 0.4) is 0 Å². The molecular weight excluding hydrogens is 388 g/mol. The molecule has 1 aliphatic rings. The van der Waals surface area contributed by atoms with Crippen molar-refractivity contribution in [2.24, 2.45) is 0 Å².